The van der Waals surface area contributed by atoms with Crippen molar-refractivity contribution < 1.29 is 27.1 Å². The summed E-state index contributed by atoms with van der Waals surface area (Å²) in [5, 5.41) is 2.78. The monoisotopic (exact) mass is 511 g/mol. The smallest absolute Gasteiger partial charge is 0.258 e. The average Bonchev–Trinajstić information content (AvgIpc) is 3.26. The summed E-state index contributed by atoms with van der Waals surface area (Å²) in [5.41, 5.74) is 3.15. The van der Waals surface area contributed by atoms with E-state index in [0.717, 1.165) is 11.8 Å². The molecule has 0 saturated heterocycles. The van der Waals surface area contributed by atoms with Crippen LogP contribution in [0.25, 0.3) is 0 Å². The number of nitrogens with zero attached hydrogens (tertiary/aromatic N) is 1. The Morgan fingerprint density at radius 3 is 2.39 bits per heavy atom. The van der Waals surface area contributed by atoms with Gasteiger partial charge in [0.15, 0.2) is 0 Å². The second-order valence-electron chi connectivity index (χ2n) is 8.53. The highest BCUT2D eigenvalue weighted by molar-refractivity contribution is 7.88. The van der Waals surface area contributed by atoms with E-state index in [1.807, 2.05) is 6.07 Å². The SMILES string of the molecule is COc1ccc(C(=O)N2CCc3ccc(NC(=O)CC(NS(C)(=O)=O)c4ccc(F)cc4)cc32)cc1. The van der Waals surface area contributed by atoms with Crippen LogP contribution in [-0.2, 0) is 21.2 Å². The van der Waals surface area contributed by atoms with Gasteiger partial charge in [-0.05, 0) is 66.1 Å². The lowest BCUT2D eigenvalue weighted by atomic mass is 10.0. The number of hydrogen-bond acceptors (Lipinski definition) is 5. The molecule has 4 rings (SSSR count). The summed E-state index contributed by atoms with van der Waals surface area (Å²) in [5.74, 6) is -0.407. The number of methoxy groups -OCH3 is 1. The van der Waals surface area contributed by atoms with Gasteiger partial charge in [0.2, 0.25) is 15.9 Å². The van der Waals surface area contributed by atoms with E-state index in [0.29, 0.717) is 41.2 Å². The lowest BCUT2D eigenvalue weighted by molar-refractivity contribution is -0.116. The Morgan fingerprint density at radius 1 is 1.06 bits per heavy atom. The molecule has 0 bridgehead atoms. The van der Waals surface area contributed by atoms with Crippen LogP contribution in [0, 0.1) is 5.82 Å². The van der Waals surface area contributed by atoms with Gasteiger partial charge in [0.1, 0.15) is 11.6 Å². The van der Waals surface area contributed by atoms with E-state index in [1.165, 1.54) is 24.3 Å². The molecule has 0 aliphatic carbocycles. The van der Waals surface area contributed by atoms with Crippen LogP contribution in [-0.4, -0.2) is 40.1 Å². The fourth-order valence-corrected chi connectivity index (χ4v) is 4.87. The molecule has 0 aromatic heterocycles. The van der Waals surface area contributed by atoms with Crippen molar-refractivity contribution in [1.82, 2.24) is 4.72 Å². The van der Waals surface area contributed by atoms with E-state index >= 15 is 0 Å². The molecule has 3 aromatic carbocycles. The van der Waals surface area contributed by atoms with E-state index < -0.39 is 27.8 Å². The number of fused-ring (bicyclic) bond motifs is 1. The molecule has 1 aliphatic heterocycles. The van der Waals surface area contributed by atoms with Gasteiger partial charge in [0, 0.05) is 29.9 Å². The minimum atomic E-state index is -3.63. The minimum absolute atomic E-state index is 0.159. The van der Waals surface area contributed by atoms with Gasteiger partial charge in [0.25, 0.3) is 5.91 Å². The molecule has 0 fully saturated rings. The van der Waals surface area contributed by atoms with Crippen LogP contribution in [0.1, 0.15) is 33.9 Å². The lowest BCUT2D eigenvalue weighted by Crippen LogP contribution is -2.31. The van der Waals surface area contributed by atoms with Crippen LogP contribution in [0.2, 0.25) is 0 Å². The third-order valence-corrected chi connectivity index (χ3v) is 6.58. The second-order valence-corrected chi connectivity index (χ2v) is 10.3. The molecule has 1 aliphatic rings. The van der Waals surface area contributed by atoms with Crippen LogP contribution >= 0.6 is 0 Å². The van der Waals surface area contributed by atoms with Crippen molar-refractivity contribution in [1.29, 1.82) is 0 Å². The molecule has 1 unspecified atom stereocenters. The molecule has 2 amide bonds. The first kappa shape index (κ1) is 25.3. The van der Waals surface area contributed by atoms with E-state index in [2.05, 4.69) is 10.0 Å². The standard InChI is InChI=1S/C26H26FN3O5S/c1-35-22-11-6-19(7-12-22)26(32)30-14-13-18-5-10-21(15-24(18)30)28-25(31)16-23(29-36(2,33)34)17-3-8-20(27)9-4-17/h3-12,15,23,29H,13-14,16H2,1-2H3,(H,28,31). The van der Waals surface area contributed by atoms with Crippen LogP contribution in [0.3, 0.4) is 0 Å². The van der Waals surface area contributed by atoms with Crippen LogP contribution < -0.4 is 19.7 Å². The largest absolute Gasteiger partial charge is 0.497 e. The van der Waals surface area contributed by atoms with Gasteiger partial charge in [-0.2, -0.15) is 0 Å². The molecule has 3 aromatic rings. The minimum Gasteiger partial charge on any atom is -0.497 e. The van der Waals surface area contributed by atoms with Crippen molar-refractivity contribution in [2.24, 2.45) is 0 Å². The number of amides is 2. The summed E-state index contributed by atoms with van der Waals surface area (Å²) in [6.45, 7) is 0.516. The van der Waals surface area contributed by atoms with Crippen LogP contribution in [0.5, 0.6) is 5.75 Å². The number of carbonyl (C=O) groups is 2. The van der Waals surface area contributed by atoms with Gasteiger partial charge < -0.3 is 15.0 Å². The summed E-state index contributed by atoms with van der Waals surface area (Å²) in [4.78, 5) is 27.6. The van der Waals surface area contributed by atoms with Gasteiger partial charge in [-0.25, -0.2) is 17.5 Å². The Labute approximate surface area is 209 Å². The highest BCUT2D eigenvalue weighted by atomic mass is 32.2. The number of sulfonamides is 1. The molecule has 8 nitrogen and oxygen atoms in total. The molecule has 36 heavy (non-hydrogen) atoms. The van der Waals surface area contributed by atoms with E-state index in [-0.39, 0.29) is 12.3 Å². The molecule has 0 radical (unpaired) electrons. The van der Waals surface area contributed by atoms with Crippen LogP contribution in [0.15, 0.2) is 66.7 Å². The van der Waals surface area contributed by atoms with Gasteiger partial charge in [-0.1, -0.05) is 18.2 Å². The molecule has 188 valence electrons. The first-order valence-corrected chi connectivity index (χ1v) is 13.1. The fourth-order valence-electron chi connectivity index (χ4n) is 4.14. The Morgan fingerprint density at radius 2 is 1.75 bits per heavy atom. The van der Waals surface area contributed by atoms with E-state index in [4.69, 9.17) is 4.74 Å². The van der Waals surface area contributed by atoms with Gasteiger partial charge in [-0.3, -0.25) is 9.59 Å². The molecular weight excluding hydrogens is 485 g/mol. The predicted molar refractivity (Wildman–Crippen MR) is 135 cm³/mol. The zero-order valence-electron chi connectivity index (χ0n) is 19.8. The van der Waals surface area contributed by atoms with Crippen molar-refractivity contribution in [3.8, 4) is 5.75 Å². The summed E-state index contributed by atoms with van der Waals surface area (Å²) in [6, 6.07) is 16.6. The van der Waals surface area contributed by atoms with Crippen LogP contribution in [0.4, 0.5) is 15.8 Å². The number of nitrogens with one attached hydrogen (secondary N) is 2. The number of ether oxygens (including phenoxy) is 1. The number of benzene rings is 3. The highest BCUT2D eigenvalue weighted by Gasteiger charge is 2.26. The summed E-state index contributed by atoms with van der Waals surface area (Å²) in [7, 11) is -2.07. The fraction of sp³-hybridized carbons (Fsp3) is 0.231. The molecule has 1 atom stereocenters. The van der Waals surface area contributed by atoms with Gasteiger partial charge >= 0.3 is 0 Å². The van der Waals surface area contributed by atoms with E-state index in [9.17, 15) is 22.4 Å². The van der Waals surface area contributed by atoms with Crippen molar-refractivity contribution in [3.63, 3.8) is 0 Å². The normalized spacial score (nSPS) is 13.7. The Kier molecular flexibility index (Phi) is 7.37. The zero-order chi connectivity index (χ0) is 25.9. The number of anilines is 2. The number of hydrogen-bond donors (Lipinski definition) is 2. The van der Waals surface area contributed by atoms with Gasteiger partial charge in [-0.15, -0.1) is 0 Å². The van der Waals surface area contributed by atoms with Crippen molar-refractivity contribution in [3.05, 3.63) is 89.2 Å². The van der Waals surface area contributed by atoms with Crippen molar-refractivity contribution in [2.45, 2.75) is 18.9 Å². The lowest BCUT2D eigenvalue weighted by Gasteiger charge is -2.20. The molecular formula is C26H26FN3O5S. The topological polar surface area (TPSA) is 105 Å². The number of carbonyl (C=O) groups excluding carboxylic acids is 2. The maximum Gasteiger partial charge on any atom is 0.258 e. The van der Waals surface area contributed by atoms with E-state index in [1.54, 1.807) is 48.4 Å². The maximum atomic E-state index is 13.3. The summed E-state index contributed by atoms with van der Waals surface area (Å²) in [6.07, 6.45) is 1.48. The maximum absolute atomic E-state index is 13.3. The predicted octanol–water partition coefficient (Wildman–Crippen LogP) is 3.66. The summed E-state index contributed by atoms with van der Waals surface area (Å²) >= 11 is 0. The molecule has 0 saturated carbocycles. The average molecular weight is 512 g/mol. The molecule has 0 spiro atoms. The third kappa shape index (κ3) is 6.07. The second kappa shape index (κ2) is 10.5. The first-order valence-electron chi connectivity index (χ1n) is 11.2. The quantitative estimate of drug-likeness (QED) is 0.480. The summed E-state index contributed by atoms with van der Waals surface area (Å²) < 4.78 is 44.6. The number of rotatable bonds is 8. The Balaban J connectivity index is 1.50. The molecule has 1 heterocycles. The van der Waals surface area contributed by atoms with Crippen molar-refractivity contribution in [2.75, 3.05) is 30.1 Å². The van der Waals surface area contributed by atoms with Crippen molar-refractivity contribution >= 4 is 33.2 Å². The Hall–Kier alpha value is -3.76. The Bertz CT molecular complexity index is 1380. The zero-order valence-corrected chi connectivity index (χ0v) is 20.6. The third-order valence-electron chi connectivity index (χ3n) is 5.86. The molecule has 10 heteroatoms. The van der Waals surface area contributed by atoms with Gasteiger partial charge in [0.05, 0.1) is 19.4 Å². The highest BCUT2D eigenvalue weighted by Crippen LogP contribution is 2.32. The molecule has 2 N–H and O–H groups in total. The number of halogens is 1. The first-order chi connectivity index (χ1) is 17.1.